The van der Waals surface area contributed by atoms with Crippen LogP contribution >= 0.6 is 12.2 Å². The fraction of sp³-hybridized carbons (Fsp3) is 0.556. The van der Waals surface area contributed by atoms with Gasteiger partial charge in [0.15, 0.2) is 5.11 Å². The van der Waals surface area contributed by atoms with Gasteiger partial charge < -0.3 is 5.32 Å². The van der Waals surface area contributed by atoms with Crippen LogP contribution in [0, 0.1) is 11.3 Å². The van der Waals surface area contributed by atoms with E-state index in [1.165, 1.54) is 12.8 Å². The van der Waals surface area contributed by atoms with Crippen LogP contribution < -0.4 is 10.6 Å². The number of benzene rings is 1. The SMILES string of the molecule is CC(C)(C)C1CCC(NC(=S)NC(=O)c2ccccc2)CC1. The molecule has 0 spiro atoms. The second kappa shape index (κ2) is 7.23. The van der Waals surface area contributed by atoms with Crippen LogP contribution in [0.15, 0.2) is 30.3 Å². The molecule has 1 aliphatic carbocycles. The molecule has 0 saturated heterocycles. The summed E-state index contributed by atoms with van der Waals surface area (Å²) >= 11 is 5.27. The van der Waals surface area contributed by atoms with Crippen molar-refractivity contribution in [1.82, 2.24) is 10.6 Å². The van der Waals surface area contributed by atoms with Crippen molar-refractivity contribution in [3.8, 4) is 0 Å². The molecule has 1 amide bonds. The first-order valence-corrected chi connectivity index (χ1v) is 8.44. The molecule has 4 heteroatoms. The van der Waals surface area contributed by atoms with E-state index in [2.05, 4.69) is 31.4 Å². The lowest BCUT2D eigenvalue weighted by Gasteiger charge is -2.37. The lowest BCUT2D eigenvalue weighted by molar-refractivity contribution is 0.0976. The van der Waals surface area contributed by atoms with Gasteiger partial charge in [-0.05, 0) is 61.4 Å². The molecule has 1 fully saturated rings. The van der Waals surface area contributed by atoms with Gasteiger partial charge in [-0.1, -0.05) is 39.0 Å². The van der Waals surface area contributed by atoms with Crippen LogP contribution in [0.5, 0.6) is 0 Å². The molecule has 0 unspecified atom stereocenters. The molecule has 1 aromatic rings. The fourth-order valence-corrected chi connectivity index (χ4v) is 3.35. The summed E-state index contributed by atoms with van der Waals surface area (Å²) in [5.41, 5.74) is 1.01. The highest BCUT2D eigenvalue weighted by atomic mass is 32.1. The number of carbonyl (C=O) groups excluding carboxylic acids is 1. The zero-order valence-electron chi connectivity index (χ0n) is 13.7. The van der Waals surface area contributed by atoms with Crippen molar-refractivity contribution in [2.45, 2.75) is 52.5 Å². The topological polar surface area (TPSA) is 41.1 Å². The Morgan fingerprint density at radius 1 is 1.09 bits per heavy atom. The fourth-order valence-electron chi connectivity index (χ4n) is 3.09. The quantitative estimate of drug-likeness (QED) is 0.813. The van der Waals surface area contributed by atoms with Gasteiger partial charge in [0.05, 0.1) is 0 Å². The minimum atomic E-state index is -0.151. The van der Waals surface area contributed by atoms with Crippen molar-refractivity contribution in [3.63, 3.8) is 0 Å². The first kappa shape index (κ1) is 16.9. The number of nitrogens with one attached hydrogen (secondary N) is 2. The molecular weight excluding hydrogens is 292 g/mol. The lowest BCUT2D eigenvalue weighted by Crippen LogP contribution is -2.46. The molecule has 0 aliphatic heterocycles. The maximum Gasteiger partial charge on any atom is 0.257 e. The normalized spacial score (nSPS) is 22.0. The van der Waals surface area contributed by atoms with E-state index in [9.17, 15) is 4.79 Å². The van der Waals surface area contributed by atoms with Crippen LogP contribution in [0.3, 0.4) is 0 Å². The highest BCUT2D eigenvalue weighted by Gasteiger charge is 2.29. The van der Waals surface area contributed by atoms with Crippen molar-refractivity contribution >= 4 is 23.2 Å². The molecule has 1 aliphatic rings. The molecule has 2 N–H and O–H groups in total. The van der Waals surface area contributed by atoms with E-state index in [4.69, 9.17) is 12.2 Å². The standard InChI is InChI=1S/C18H26N2OS/c1-18(2,3)14-9-11-15(12-10-14)19-17(22)20-16(21)13-7-5-4-6-8-13/h4-8,14-15H,9-12H2,1-3H3,(H2,19,20,21,22). The van der Waals surface area contributed by atoms with Crippen molar-refractivity contribution in [2.75, 3.05) is 0 Å². The predicted molar refractivity (Wildman–Crippen MR) is 94.8 cm³/mol. The van der Waals surface area contributed by atoms with E-state index in [0.29, 0.717) is 22.1 Å². The molecule has 0 heterocycles. The number of thiocarbonyl (C=S) groups is 1. The minimum absolute atomic E-state index is 0.151. The number of amides is 1. The molecule has 0 radical (unpaired) electrons. The Bertz CT molecular complexity index is 514. The van der Waals surface area contributed by atoms with E-state index < -0.39 is 0 Å². The molecule has 0 bridgehead atoms. The third kappa shape index (κ3) is 4.80. The average molecular weight is 318 g/mol. The molecular formula is C18H26N2OS. The summed E-state index contributed by atoms with van der Waals surface area (Å²) in [5, 5.41) is 6.50. The average Bonchev–Trinajstić information content (AvgIpc) is 2.47. The Labute approximate surface area is 138 Å². The van der Waals surface area contributed by atoms with E-state index in [1.807, 2.05) is 18.2 Å². The van der Waals surface area contributed by atoms with Gasteiger partial charge in [-0.2, -0.15) is 0 Å². The van der Waals surface area contributed by atoms with Gasteiger partial charge in [0.1, 0.15) is 0 Å². The van der Waals surface area contributed by atoms with E-state index in [-0.39, 0.29) is 5.91 Å². The first-order valence-electron chi connectivity index (χ1n) is 8.03. The van der Waals surface area contributed by atoms with Gasteiger partial charge in [0.2, 0.25) is 0 Å². The Morgan fingerprint density at radius 2 is 1.68 bits per heavy atom. The van der Waals surface area contributed by atoms with Crippen LogP contribution in [-0.4, -0.2) is 17.1 Å². The number of hydrogen-bond donors (Lipinski definition) is 2. The largest absolute Gasteiger partial charge is 0.360 e. The lowest BCUT2D eigenvalue weighted by atomic mass is 9.71. The zero-order chi connectivity index (χ0) is 16.2. The summed E-state index contributed by atoms with van der Waals surface area (Å²) in [6.07, 6.45) is 4.67. The summed E-state index contributed by atoms with van der Waals surface area (Å²) in [7, 11) is 0. The van der Waals surface area contributed by atoms with Gasteiger partial charge in [-0.3, -0.25) is 10.1 Å². The molecule has 22 heavy (non-hydrogen) atoms. The summed E-state index contributed by atoms with van der Waals surface area (Å²) in [4.78, 5) is 12.0. The van der Waals surface area contributed by atoms with Crippen molar-refractivity contribution in [3.05, 3.63) is 35.9 Å². The monoisotopic (exact) mass is 318 g/mol. The second-order valence-electron chi connectivity index (χ2n) is 7.21. The molecule has 1 aromatic carbocycles. The van der Waals surface area contributed by atoms with Gasteiger partial charge >= 0.3 is 0 Å². The van der Waals surface area contributed by atoms with Crippen LogP contribution in [0.1, 0.15) is 56.8 Å². The van der Waals surface area contributed by atoms with Gasteiger partial charge in [-0.25, -0.2) is 0 Å². The third-order valence-corrected chi connectivity index (χ3v) is 4.77. The third-order valence-electron chi connectivity index (χ3n) is 4.55. The molecule has 1 saturated carbocycles. The summed E-state index contributed by atoms with van der Waals surface area (Å²) in [6, 6.07) is 9.53. The first-order chi connectivity index (χ1) is 10.4. The van der Waals surface area contributed by atoms with E-state index in [1.54, 1.807) is 12.1 Å². The van der Waals surface area contributed by atoms with E-state index in [0.717, 1.165) is 18.8 Å². The van der Waals surface area contributed by atoms with Crippen LogP contribution in [0.4, 0.5) is 0 Å². The smallest absolute Gasteiger partial charge is 0.257 e. The molecule has 0 aromatic heterocycles. The second-order valence-corrected chi connectivity index (χ2v) is 7.62. The molecule has 3 nitrogen and oxygen atoms in total. The van der Waals surface area contributed by atoms with Crippen molar-refractivity contribution in [2.24, 2.45) is 11.3 Å². The van der Waals surface area contributed by atoms with Crippen LogP contribution in [0.2, 0.25) is 0 Å². The maximum absolute atomic E-state index is 12.0. The van der Waals surface area contributed by atoms with Gasteiger partial charge in [0.25, 0.3) is 5.91 Å². The van der Waals surface area contributed by atoms with Crippen molar-refractivity contribution in [1.29, 1.82) is 0 Å². The Balaban J connectivity index is 1.78. The predicted octanol–water partition coefficient (Wildman–Crippen LogP) is 3.90. The Kier molecular flexibility index (Phi) is 5.57. The minimum Gasteiger partial charge on any atom is -0.360 e. The molecule has 2 rings (SSSR count). The van der Waals surface area contributed by atoms with Gasteiger partial charge in [0, 0.05) is 11.6 Å². The maximum atomic E-state index is 12.0. The summed E-state index contributed by atoms with van der Waals surface area (Å²) in [5.74, 6) is 0.625. The highest BCUT2D eigenvalue weighted by Crippen LogP contribution is 2.37. The van der Waals surface area contributed by atoms with Crippen molar-refractivity contribution < 1.29 is 4.79 Å². The number of hydrogen-bond acceptors (Lipinski definition) is 2. The van der Waals surface area contributed by atoms with Gasteiger partial charge in [-0.15, -0.1) is 0 Å². The molecule has 0 atom stereocenters. The summed E-state index contributed by atoms with van der Waals surface area (Å²) in [6.45, 7) is 6.95. The number of rotatable bonds is 2. The van der Waals surface area contributed by atoms with Crippen LogP contribution in [0.25, 0.3) is 0 Å². The Hall–Kier alpha value is -1.42. The van der Waals surface area contributed by atoms with E-state index >= 15 is 0 Å². The van der Waals surface area contributed by atoms with Crippen LogP contribution in [-0.2, 0) is 0 Å². The Morgan fingerprint density at radius 3 is 2.23 bits per heavy atom. The highest BCUT2D eigenvalue weighted by molar-refractivity contribution is 7.80. The summed E-state index contributed by atoms with van der Waals surface area (Å²) < 4.78 is 0. The number of carbonyl (C=O) groups is 1. The molecule has 120 valence electrons. The zero-order valence-corrected chi connectivity index (χ0v) is 14.5.